The number of hydrogen-bond acceptors (Lipinski definition) is 5. The molecule has 0 atom stereocenters. The number of imidazole rings is 1. The molecule has 3 rings (SSSR count). The van der Waals surface area contributed by atoms with Crippen LogP contribution in [0, 0.1) is 11.3 Å². The monoisotopic (exact) mass is 576 g/mol. The fourth-order valence-electron chi connectivity index (χ4n) is 4.85. The van der Waals surface area contributed by atoms with E-state index in [1.165, 1.54) is 12.5 Å². The smallest absolute Gasteiger partial charge is 0.350 e. The van der Waals surface area contributed by atoms with Gasteiger partial charge in [-0.15, -0.1) is 0 Å². The Balaban J connectivity index is 1.80. The molecule has 1 aliphatic carbocycles. The lowest BCUT2D eigenvalue weighted by atomic mass is 9.85. The van der Waals surface area contributed by atoms with Gasteiger partial charge in [-0.2, -0.15) is 13.2 Å². The Labute approximate surface area is 227 Å². The van der Waals surface area contributed by atoms with Crippen molar-refractivity contribution < 1.29 is 26.4 Å². The van der Waals surface area contributed by atoms with Crippen molar-refractivity contribution in [1.82, 2.24) is 19.9 Å². The summed E-state index contributed by atoms with van der Waals surface area (Å²) < 4.78 is 65.4. The molecular weight excluding hydrogens is 541 g/mol. The molecule has 1 fully saturated rings. The summed E-state index contributed by atoms with van der Waals surface area (Å²) in [6.45, 7) is 6.46. The molecule has 0 aliphatic heterocycles. The molecule has 1 aliphatic rings. The molecule has 2 aromatic heterocycles. The number of carbonyl (C=O) groups is 1. The zero-order valence-electron chi connectivity index (χ0n) is 22.5. The van der Waals surface area contributed by atoms with Gasteiger partial charge in [-0.25, -0.2) is 18.4 Å². The van der Waals surface area contributed by atoms with E-state index in [0.29, 0.717) is 67.8 Å². The number of aryl methyl sites for hydroxylation is 2. The number of aromatic nitrogens is 3. The summed E-state index contributed by atoms with van der Waals surface area (Å²) in [5.74, 6) is 0.688. The summed E-state index contributed by atoms with van der Waals surface area (Å²) in [6, 6.07) is 1.71. The topological polar surface area (TPSA) is 93.9 Å². The van der Waals surface area contributed by atoms with Crippen LogP contribution >= 0.6 is 11.6 Å². The van der Waals surface area contributed by atoms with Crippen molar-refractivity contribution in [2.45, 2.75) is 84.1 Å². The van der Waals surface area contributed by atoms with E-state index in [1.54, 1.807) is 10.6 Å². The van der Waals surface area contributed by atoms with E-state index in [2.05, 4.69) is 15.3 Å². The lowest BCUT2D eigenvalue weighted by Crippen LogP contribution is -2.34. The quantitative estimate of drug-likeness (QED) is 0.425. The van der Waals surface area contributed by atoms with Gasteiger partial charge in [0.25, 0.3) is 5.91 Å². The van der Waals surface area contributed by atoms with Crippen LogP contribution in [0.1, 0.15) is 80.8 Å². The number of pyridine rings is 1. The predicted octanol–water partition coefficient (Wildman–Crippen LogP) is 5.51. The van der Waals surface area contributed by atoms with Crippen LogP contribution in [0.25, 0.3) is 5.82 Å². The Kier molecular flexibility index (Phi) is 9.23. The van der Waals surface area contributed by atoms with Gasteiger partial charge >= 0.3 is 6.18 Å². The molecule has 0 bridgehead atoms. The Hall–Kier alpha value is -2.14. The van der Waals surface area contributed by atoms with Crippen LogP contribution in [0.4, 0.5) is 13.2 Å². The third kappa shape index (κ3) is 6.70. The van der Waals surface area contributed by atoms with Gasteiger partial charge in [-0.05, 0) is 55.6 Å². The average Bonchev–Trinajstić information content (AvgIpc) is 3.17. The third-order valence-corrected chi connectivity index (χ3v) is 9.41. The molecule has 0 unspecified atom stereocenters. The summed E-state index contributed by atoms with van der Waals surface area (Å²) in [5.41, 5.74) is -0.688. The SMILES string of the molecule is CCc1cc(CC(C)(C)C(F)(F)F)cnc1-n1c(CC)nc(C(=O)NCC2CCC(S(C)(=O)=O)CC2)c1Cl. The van der Waals surface area contributed by atoms with Crippen molar-refractivity contribution in [3.05, 3.63) is 40.1 Å². The summed E-state index contributed by atoms with van der Waals surface area (Å²) in [4.78, 5) is 21.9. The number of rotatable bonds is 9. The van der Waals surface area contributed by atoms with Crippen LogP contribution in [0.5, 0.6) is 0 Å². The number of halogens is 4. The van der Waals surface area contributed by atoms with Gasteiger partial charge in [0, 0.05) is 25.4 Å². The maximum absolute atomic E-state index is 13.4. The second-order valence-corrected chi connectivity index (χ2v) is 13.5. The molecule has 1 N–H and O–H groups in total. The fourth-order valence-corrected chi connectivity index (χ4v) is 6.28. The van der Waals surface area contributed by atoms with Gasteiger partial charge < -0.3 is 5.32 Å². The van der Waals surface area contributed by atoms with E-state index in [9.17, 15) is 26.4 Å². The van der Waals surface area contributed by atoms with Crippen molar-refractivity contribution in [3.8, 4) is 5.82 Å². The molecule has 0 aromatic carbocycles. The molecule has 38 heavy (non-hydrogen) atoms. The maximum atomic E-state index is 13.4. The zero-order valence-corrected chi connectivity index (χ0v) is 24.0. The number of nitrogens with one attached hydrogen (secondary N) is 1. The van der Waals surface area contributed by atoms with Gasteiger partial charge in [-0.3, -0.25) is 9.36 Å². The summed E-state index contributed by atoms with van der Waals surface area (Å²) >= 11 is 6.65. The minimum Gasteiger partial charge on any atom is -0.350 e. The second kappa shape index (κ2) is 11.5. The van der Waals surface area contributed by atoms with E-state index < -0.39 is 27.3 Å². The molecule has 212 valence electrons. The number of hydrogen-bond donors (Lipinski definition) is 1. The highest BCUT2D eigenvalue weighted by Crippen LogP contribution is 2.40. The van der Waals surface area contributed by atoms with Crippen molar-refractivity contribution in [1.29, 1.82) is 0 Å². The number of sulfone groups is 1. The minimum absolute atomic E-state index is 0.0551. The molecule has 1 amide bonds. The van der Waals surface area contributed by atoms with E-state index in [-0.39, 0.29) is 28.4 Å². The maximum Gasteiger partial charge on any atom is 0.394 e. The van der Waals surface area contributed by atoms with Crippen LogP contribution in [0.15, 0.2) is 12.3 Å². The predicted molar refractivity (Wildman–Crippen MR) is 142 cm³/mol. The highest BCUT2D eigenvalue weighted by atomic mass is 35.5. The third-order valence-electron chi connectivity index (χ3n) is 7.38. The van der Waals surface area contributed by atoms with Crippen LogP contribution in [-0.2, 0) is 29.1 Å². The van der Waals surface area contributed by atoms with Gasteiger partial charge in [-0.1, -0.05) is 45.4 Å². The zero-order chi connectivity index (χ0) is 28.5. The molecular formula is C26H36ClF3N4O3S. The van der Waals surface area contributed by atoms with Gasteiger partial charge in [0.2, 0.25) is 0 Å². The van der Waals surface area contributed by atoms with E-state index in [0.717, 1.165) is 13.8 Å². The first-order chi connectivity index (χ1) is 17.6. The molecule has 2 aromatic rings. The number of alkyl halides is 3. The Morgan fingerprint density at radius 2 is 1.79 bits per heavy atom. The van der Waals surface area contributed by atoms with E-state index >= 15 is 0 Å². The van der Waals surface area contributed by atoms with Crippen molar-refractivity contribution in [2.75, 3.05) is 12.8 Å². The summed E-state index contributed by atoms with van der Waals surface area (Å²) in [5, 5.41) is 2.65. The Morgan fingerprint density at radius 1 is 1.16 bits per heavy atom. The molecule has 7 nitrogen and oxygen atoms in total. The first kappa shape index (κ1) is 30.4. The molecule has 2 heterocycles. The molecule has 1 saturated carbocycles. The molecule has 0 saturated heterocycles. The fraction of sp³-hybridized carbons (Fsp3) is 0.654. The van der Waals surface area contributed by atoms with Crippen LogP contribution in [0.3, 0.4) is 0 Å². The first-order valence-corrected chi connectivity index (χ1v) is 15.2. The largest absolute Gasteiger partial charge is 0.394 e. The lowest BCUT2D eigenvalue weighted by Gasteiger charge is -2.28. The van der Waals surface area contributed by atoms with Crippen molar-refractivity contribution in [2.24, 2.45) is 11.3 Å². The Morgan fingerprint density at radius 3 is 2.32 bits per heavy atom. The number of nitrogens with zero attached hydrogens (tertiary/aromatic N) is 3. The van der Waals surface area contributed by atoms with Crippen molar-refractivity contribution >= 4 is 27.3 Å². The molecule has 0 radical (unpaired) electrons. The summed E-state index contributed by atoms with van der Waals surface area (Å²) in [7, 11) is -3.06. The highest BCUT2D eigenvalue weighted by Gasteiger charge is 2.47. The number of carbonyl (C=O) groups excluding carboxylic acids is 1. The van der Waals surface area contributed by atoms with E-state index in [1.807, 2.05) is 13.8 Å². The second-order valence-electron chi connectivity index (χ2n) is 10.8. The normalized spacial score (nSPS) is 19.0. The number of amides is 1. The van der Waals surface area contributed by atoms with Gasteiger partial charge in [0.05, 0.1) is 10.7 Å². The van der Waals surface area contributed by atoms with Crippen molar-refractivity contribution in [3.63, 3.8) is 0 Å². The minimum atomic E-state index is -4.35. The average molecular weight is 577 g/mol. The van der Waals surface area contributed by atoms with Crippen LogP contribution in [-0.4, -0.2) is 53.1 Å². The molecule has 12 heteroatoms. The summed E-state index contributed by atoms with van der Waals surface area (Å²) in [6.07, 6.45) is 1.65. The van der Waals surface area contributed by atoms with Crippen LogP contribution < -0.4 is 5.32 Å². The highest BCUT2D eigenvalue weighted by molar-refractivity contribution is 7.91. The van der Waals surface area contributed by atoms with Crippen LogP contribution in [0.2, 0.25) is 5.15 Å². The van der Waals surface area contributed by atoms with E-state index in [4.69, 9.17) is 11.6 Å². The van der Waals surface area contributed by atoms with Gasteiger partial charge in [0.15, 0.2) is 5.69 Å². The Bertz CT molecular complexity index is 1270. The molecule has 0 spiro atoms. The van der Waals surface area contributed by atoms with Gasteiger partial charge in [0.1, 0.15) is 26.6 Å². The first-order valence-electron chi connectivity index (χ1n) is 12.9. The lowest BCUT2D eigenvalue weighted by molar-refractivity contribution is -0.211. The standard InChI is InChI=1S/C26H36ClF3N4O3S/c1-6-18-12-17(13-25(3,4)26(28,29)30)15-31-23(18)34-20(7-2)33-21(22(34)27)24(35)32-14-16-8-10-19(11-9-16)38(5,36)37/h12,15-16,19H,6-11,13-14H2,1-5H3,(H,32,35).